The van der Waals surface area contributed by atoms with Gasteiger partial charge in [0.15, 0.2) is 0 Å². The van der Waals surface area contributed by atoms with Crippen LogP contribution in [-0.4, -0.2) is 62.4 Å². The minimum absolute atomic E-state index is 0.197. The van der Waals surface area contributed by atoms with Crippen molar-refractivity contribution in [3.63, 3.8) is 0 Å². The van der Waals surface area contributed by atoms with Gasteiger partial charge in [0, 0.05) is 32.5 Å². The fourth-order valence-corrected chi connectivity index (χ4v) is 3.20. The second kappa shape index (κ2) is 7.14. The van der Waals surface area contributed by atoms with E-state index in [2.05, 4.69) is 15.3 Å². The lowest BCUT2D eigenvalue weighted by molar-refractivity contribution is 0.0863. The Balaban J connectivity index is 1.53. The van der Waals surface area contributed by atoms with E-state index in [1.165, 1.54) is 25.7 Å². The van der Waals surface area contributed by atoms with Crippen LogP contribution in [-0.2, 0) is 7.05 Å². The van der Waals surface area contributed by atoms with Crippen LogP contribution in [0.3, 0.4) is 0 Å². The zero-order valence-electron chi connectivity index (χ0n) is 13.6. The van der Waals surface area contributed by atoms with Gasteiger partial charge in [-0.25, -0.2) is 4.52 Å². The highest BCUT2D eigenvalue weighted by molar-refractivity contribution is 5.99. The molecule has 0 aromatic carbocycles. The molecular formula is C16H25N5O2. The maximum Gasteiger partial charge on any atom is 0.256 e. The SMILES string of the molecule is Cn1ccn2ncc(C(=O)NC[C@@H](O)CN3CCCCCC3)c12. The normalized spacial score (nSPS) is 18.0. The molecule has 2 N–H and O–H groups in total. The van der Waals surface area contributed by atoms with Crippen LogP contribution >= 0.6 is 0 Å². The zero-order valence-corrected chi connectivity index (χ0v) is 13.6. The quantitative estimate of drug-likeness (QED) is 0.848. The minimum atomic E-state index is -0.545. The van der Waals surface area contributed by atoms with Crippen molar-refractivity contribution >= 4 is 11.6 Å². The summed E-state index contributed by atoms with van der Waals surface area (Å²) in [6.45, 7) is 2.96. The Labute approximate surface area is 135 Å². The molecule has 2 aromatic heterocycles. The Morgan fingerprint density at radius 1 is 1.30 bits per heavy atom. The fourth-order valence-electron chi connectivity index (χ4n) is 3.20. The van der Waals surface area contributed by atoms with Gasteiger partial charge in [-0.15, -0.1) is 0 Å². The fraction of sp³-hybridized carbons (Fsp3) is 0.625. The third-order valence-electron chi connectivity index (χ3n) is 4.45. The zero-order chi connectivity index (χ0) is 16.2. The predicted octanol–water partition coefficient (Wildman–Crippen LogP) is 0.639. The molecule has 0 bridgehead atoms. The molecule has 1 atom stereocenters. The van der Waals surface area contributed by atoms with Crippen LogP contribution in [0.5, 0.6) is 0 Å². The van der Waals surface area contributed by atoms with Crippen molar-refractivity contribution in [3.8, 4) is 0 Å². The van der Waals surface area contributed by atoms with E-state index in [-0.39, 0.29) is 12.5 Å². The summed E-state index contributed by atoms with van der Waals surface area (Å²) in [7, 11) is 1.88. The average molecular weight is 319 g/mol. The van der Waals surface area contributed by atoms with Crippen molar-refractivity contribution in [2.75, 3.05) is 26.2 Å². The van der Waals surface area contributed by atoms with Crippen molar-refractivity contribution in [1.29, 1.82) is 0 Å². The number of aromatic nitrogens is 3. The average Bonchev–Trinajstić information content (AvgIpc) is 3.01. The third kappa shape index (κ3) is 3.73. The molecule has 1 aliphatic rings. The molecule has 23 heavy (non-hydrogen) atoms. The second-order valence-electron chi connectivity index (χ2n) is 6.31. The maximum absolute atomic E-state index is 12.3. The lowest BCUT2D eigenvalue weighted by atomic mass is 10.2. The molecule has 3 heterocycles. The second-order valence-corrected chi connectivity index (χ2v) is 6.31. The molecule has 7 nitrogen and oxygen atoms in total. The van der Waals surface area contributed by atoms with Crippen LogP contribution in [0.25, 0.3) is 5.65 Å². The van der Waals surface area contributed by atoms with Gasteiger partial charge in [0.05, 0.1) is 12.3 Å². The maximum atomic E-state index is 12.3. The smallest absolute Gasteiger partial charge is 0.256 e. The summed E-state index contributed by atoms with van der Waals surface area (Å²) in [5.41, 5.74) is 1.28. The van der Waals surface area contributed by atoms with Crippen molar-refractivity contribution in [3.05, 3.63) is 24.2 Å². The first-order chi connectivity index (χ1) is 11.1. The number of aliphatic hydroxyl groups is 1. The Hall–Kier alpha value is -1.86. The molecule has 7 heteroatoms. The molecule has 1 aliphatic heterocycles. The number of imidazole rings is 1. The Morgan fingerprint density at radius 3 is 2.78 bits per heavy atom. The number of nitrogens with zero attached hydrogens (tertiary/aromatic N) is 4. The highest BCUT2D eigenvalue weighted by Crippen LogP contribution is 2.11. The number of fused-ring (bicyclic) bond motifs is 1. The van der Waals surface area contributed by atoms with E-state index in [4.69, 9.17) is 0 Å². The lowest BCUT2D eigenvalue weighted by Crippen LogP contribution is -2.40. The number of rotatable bonds is 5. The number of likely N-dealkylation sites (tertiary alicyclic amines) is 1. The van der Waals surface area contributed by atoms with E-state index in [0.717, 1.165) is 18.7 Å². The monoisotopic (exact) mass is 319 g/mol. The minimum Gasteiger partial charge on any atom is -0.390 e. The Morgan fingerprint density at radius 2 is 2.04 bits per heavy atom. The molecule has 0 saturated carbocycles. The number of β-amino-alcohol motifs (C(OH)–C–C–N with tert-alkyl or cyclic N) is 1. The van der Waals surface area contributed by atoms with E-state index >= 15 is 0 Å². The van der Waals surface area contributed by atoms with Gasteiger partial charge in [0.25, 0.3) is 5.91 Å². The van der Waals surface area contributed by atoms with Crippen LogP contribution < -0.4 is 5.32 Å². The summed E-state index contributed by atoms with van der Waals surface area (Å²) < 4.78 is 3.53. The van der Waals surface area contributed by atoms with Crippen molar-refractivity contribution in [2.45, 2.75) is 31.8 Å². The highest BCUT2D eigenvalue weighted by atomic mass is 16.3. The number of hydrogen-bond acceptors (Lipinski definition) is 4. The summed E-state index contributed by atoms with van der Waals surface area (Å²) in [6, 6.07) is 0. The summed E-state index contributed by atoms with van der Waals surface area (Å²) in [6.07, 6.45) is 9.62. The molecule has 0 aliphatic carbocycles. The molecule has 0 radical (unpaired) electrons. The van der Waals surface area contributed by atoms with Gasteiger partial charge < -0.3 is 19.9 Å². The molecule has 1 fully saturated rings. The van der Waals surface area contributed by atoms with Gasteiger partial charge in [-0.05, 0) is 25.9 Å². The number of aliphatic hydroxyl groups excluding tert-OH is 1. The number of carbonyl (C=O) groups excluding carboxylic acids is 1. The van der Waals surface area contributed by atoms with E-state index in [9.17, 15) is 9.90 Å². The van der Waals surface area contributed by atoms with Crippen molar-refractivity contribution in [1.82, 2.24) is 24.4 Å². The number of amides is 1. The number of hydrogen-bond donors (Lipinski definition) is 2. The Kier molecular flexibility index (Phi) is 4.97. The van der Waals surface area contributed by atoms with Gasteiger partial charge >= 0.3 is 0 Å². The van der Waals surface area contributed by atoms with E-state index in [1.807, 2.05) is 17.8 Å². The largest absolute Gasteiger partial charge is 0.390 e. The van der Waals surface area contributed by atoms with E-state index < -0.39 is 6.10 Å². The summed E-state index contributed by atoms with van der Waals surface area (Å²) in [5, 5.41) is 17.2. The third-order valence-corrected chi connectivity index (χ3v) is 4.45. The molecule has 3 rings (SSSR count). The van der Waals surface area contributed by atoms with Crippen LogP contribution in [0.4, 0.5) is 0 Å². The highest BCUT2D eigenvalue weighted by Gasteiger charge is 2.18. The molecular weight excluding hydrogens is 294 g/mol. The first-order valence-electron chi connectivity index (χ1n) is 8.32. The summed E-state index contributed by atoms with van der Waals surface area (Å²) in [4.78, 5) is 14.6. The van der Waals surface area contributed by atoms with Crippen LogP contribution in [0.15, 0.2) is 18.6 Å². The standard InChI is InChI=1S/C16H25N5O2/c1-19-8-9-21-16(19)14(11-18-21)15(23)17-10-13(22)12-20-6-4-2-3-5-7-20/h8-9,11,13,22H,2-7,10,12H2,1H3,(H,17,23)/t13-/m1/s1. The number of carbonyl (C=O) groups is 1. The first kappa shape index (κ1) is 16.0. The van der Waals surface area contributed by atoms with Gasteiger partial charge in [0.2, 0.25) is 0 Å². The summed E-state index contributed by atoms with van der Waals surface area (Å²) >= 11 is 0. The van der Waals surface area contributed by atoms with Gasteiger partial charge in [-0.2, -0.15) is 5.10 Å². The van der Waals surface area contributed by atoms with Gasteiger partial charge in [-0.3, -0.25) is 4.79 Å². The van der Waals surface area contributed by atoms with Crippen LogP contribution in [0.1, 0.15) is 36.0 Å². The summed E-state index contributed by atoms with van der Waals surface area (Å²) in [5.74, 6) is -0.197. The Bertz CT molecular complexity index is 655. The number of nitrogens with one attached hydrogen (secondary N) is 1. The van der Waals surface area contributed by atoms with Crippen LogP contribution in [0, 0.1) is 0 Å². The molecule has 126 valence electrons. The van der Waals surface area contributed by atoms with E-state index in [1.54, 1.807) is 16.9 Å². The molecule has 0 unspecified atom stereocenters. The van der Waals surface area contributed by atoms with Crippen LogP contribution in [0.2, 0.25) is 0 Å². The topological polar surface area (TPSA) is 74.8 Å². The molecule has 2 aromatic rings. The number of aryl methyl sites for hydroxylation is 1. The first-order valence-corrected chi connectivity index (χ1v) is 8.32. The molecule has 1 saturated heterocycles. The van der Waals surface area contributed by atoms with Gasteiger partial charge in [-0.1, -0.05) is 12.8 Å². The predicted molar refractivity (Wildman–Crippen MR) is 87.4 cm³/mol. The molecule has 0 spiro atoms. The van der Waals surface area contributed by atoms with E-state index in [0.29, 0.717) is 12.1 Å². The van der Waals surface area contributed by atoms with Crippen molar-refractivity contribution < 1.29 is 9.90 Å². The van der Waals surface area contributed by atoms with Gasteiger partial charge in [0.1, 0.15) is 11.2 Å². The molecule has 1 amide bonds. The lowest BCUT2D eigenvalue weighted by Gasteiger charge is -2.23. The van der Waals surface area contributed by atoms with Crippen molar-refractivity contribution in [2.24, 2.45) is 7.05 Å².